The van der Waals surface area contributed by atoms with E-state index in [4.69, 9.17) is 4.74 Å². The van der Waals surface area contributed by atoms with Gasteiger partial charge in [-0.05, 0) is 19.8 Å². The minimum Gasteiger partial charge on any atom is -0.448 e. The van der Waals surface area contributed by atoms with Gasteiger partial charge < -0.3 is 15.0 Å². The van der Waals surface area contributed by atoms with E-state index in [2.05, 4.69) is 15.1 Å². The van der Waals surface area contributed by atoms with Crippen molar-refractivity contribution in [3.05, 3.63) is 0 Å². The summed E-state index contributed by atoms with van der Waals surface area (Å²) in [4.78, 5) is 30.2. The number of nitrogens with zero attached hydrogens (tertiary/aromatic N) is 3. The summed E-state index contributed by atoms with van der Waals surface area (Å²) in [6.07, 6.45) is 4.55. The number of piperazine rings is 1. The highest BCUT2D eigenvalue weighted by atomic mass is 16.6. The van der Waals surface area contributed by atoms with E-state index in [1.807, 2.05) is 6.92 Å². The van der Waals surface area contributed by atoms with Crippen molar-refractivity contribution in [1.29, 1.82) is 0 Å². The Morgan fingerprint density at radius 3 is 2.50 bits per heavy atom. The first kappa shape index (κ1) is 17.5. The molecule has 2 heterocycles. The first-order valence-electron chi connectivity index (χ1n) is 9.32. The van der Waals surface area contributed by atoms with Gasteiger partial charge in [-0.15, -0.1) is 0 Å². The molecule has 3 aliphatic rings. The molecular weight excluding hydrogens is 308 g/mol. The number of hydrogen-bond acceptors (Lipinski definition) is 5. The largest absolute Gasteiger partial charge is 0.448 e. The van der Waals surface area contributed by atoms with E-state index in [0.29, 0.717) is 19.2 Å². The third kappa shape index (κ3) is 4.39. The second-order valence-electron chi connectivity index (χ2n) is 7.14. The Morgan fingerprint density at radius 1 is 1.17 bits per heavy atom. The standard InChI is InChI=1S/C17H30N4O3/c1-14(16(22)18-15-4-2-3-5-15)20-9-6-19(7-10-20)8-11-21-12-13-24-17(21)23/h14-15H,2-13H2,1H3,(H,18,22). The van der Waals surface area contributed by atoms with Crippen molar-refractivity contribution < 1.29 is 14.3 Å². The van der Waals surface area contributed by atoms with Gasteiger partial charge in [0.2, 0.25) is 5.91 Å². The predicted octanol–water partition coefficient (Wildman–Crippen LogP) is 0.504. The highest BCUT2D eigenvalue weighted by molar-refractivity contribution is 5.81. The van der Waals surface area contributed by atoms with E-state index in [1.165, 1.54) is 12.8 Å². The number of carbonyl (C=O) groups excluding carboxylic acids is 2. The Hall–Kier alpha value is -1.34. The lowest BCUT2D eigenvalue weighted by atomic mass is 10.2. The van der Waals surface area contributed by atoms with Crippen LogP contribution in [0, 0.1) is 0 Å². The average Bonchev–Trinajstić information content (AvgIpc) is 3.24. The molecule has 7 heteroatoms. The summed E-state index contributed by atoms with van der Waals surface area (Å²) in [7, 11) is 0. The normalized spacial score (nSPS) is 25.0. The molecule has 2 aliphatic heterocycles. The summed E-state index contributed by atoms with van der Waals surface area (Å²) < 4.78 is 4.95. The molecule has 1 saturated carbocycles. The molecule has 3 rings (SSSR count). The minimum atomic E-state index is -0.189. The molecule has 0 aromatic heterocycles. The van der Waals surface area contributed by atoms with Gasteiger partial charge in [-0.2, -0.15) is 0 Å². The topological polar surface area (TPSA) is 65.1 Å². The fourth-order valence-electron chi connectivity index (χ4n) is 3.82. The Morgan fingerprint density at radius 2 is 1.88 bits per heavy atom. The summed E-state index contributed by atoms with van der Waals surface area (Å²) in [5, 5.41) is 3.20. The molecule has 1 atom stereocenters. The third-order valence-electron chi connectivity index (χ3n) is 5.57. The number of ether oxygens (including phenoxy) is 1. The molecule has 0 aromatic carbocycles. The van der Waals surface area contributed by atoms with Crippen LogP contribution in [0.4, 0.5) is 4.79 Å². The van der Waals surface area contributed by atoms with Crippen LogP contribution in [0.25, 0.3) is 0 Å². The lowest BCUT2D eigenvalue weighted by Gasteiger charge is -2.38. The summed E-state index contributed by atoms with van der Waals surface area (Å²) in [6.45, 7) is 8.56. The minimum absolute atomic E-state index is 0.0543. The van der Waals surface area contributed by atoms with Gasteiger partial charge in [0.25, 0.3) is 0 Å². The van der Waals surface area contributed by atoms with Crippen molar-refractivity contribution in [2.24, 2.45) is 0 Å². The van der Waals surface area contributed by atoms with Crippen LogP contribution in [-0.4, -0.2) is 91.2 Å². The van der Waals surface area contributed by atoms with Crippen molar-refractivity contribution in [1.82, 2.24) is 20.0 Å². The molecule has 3 fully saturated rings. The zero-order valence-electron chi connectivity index (χ0n) is 14.7. The SMILES string of the molecule is CC(C(=O)NC1CCCC1)N1CCN(CCN2CCOC2=O)CC1. The summed E-state index contributed by atoms with van der Waals surface area (Å²) in [5.74, 6) is 0.176. The van der Waals surface area contributed by atoms with Crippen LogP contribution in [-0.2, 0) is 9.53 Å². The molecule has 24 heavy (non-hydrogen) atoms. The summed E-state index contributed by atoms with van der Waals surface area (Å²) in [6, 6.07) is 0.336. The van der Waals surface area contributed by atoms with Gasteiger partial charge in [-0.25, -0.2) is 4.79 Å². The Bertz CT molecular complexity index is 445. The van der Waals surface area contributed by atoms with Gasteiger partial charge in [0, 0.05) is 45.3 Å². The smallest absolute Gasteiger partial charge is 0.409 e. The van der Waals surface area contributed by atoms with Gasteiger partial charge >= 0.3 is 6.09 Å². The molecule has 2 amide bonds. The maximum Gasteiger partial charge on any atom is 0.409 e. The lowest BCUT2D eigenvalue weighted by molar-refractivity contribution is -0.127. The van der Waals surface area contributed by atoms with Crippen molar-refractivity contribution in [2.75, 3.05) is 52.4 Å². The molecular formula is C17H30N4O3. The molecule has 1 unspecified atom stereocenters. The molecule has 0 spiro atoms. The number of carbonyl (C=O) groups is 2. The van der Waals surface area contributed by atoms with E-state index in [0.717, 1.165) is 52.1 Å². The van der Waals surface area contributed by atoms with E-state index in [-0.39, 0.29) is 18.0 Å². The van der Waals surface area contributed by atoms with E-state index in [1.54, 1.807) is 4.90 Å². The molecule has 136 valence electrons. The lowest BCUT2D eigenvalue weighted by Crippen LogP contribution is -2.55. The zero-order valence-corrected chi connectivity index (χ0v) is 14.7. The van der Waals surface area contributed by atoms with Gasteiger partial charge in [0.1, 0.15) is 6.61 Å². The molecule has 7 nitrogen and oxygen atoms in total. The Balaban J connectivity index is 1.36. The highest BCUT2D eigenvalue weighted by Gasteiger charge is 2.28. The van der Waals surface area contributed by atoms with Crippen LogP contribution >= 0.6 is 0 Å². The second-order valence-corrected chi connectivity index (χ2v) is 7.14. The summed E-state index contributed by atoms with van der Waals surface area (Å²) in [5.41, 5.74) is 0. The maximum absolute atomic E-state index is 12.4. The number of nitrogens with one attached hydrogen (secondary N) is 1. The van der Waals surface area contributed by atoms with Crippen molar-refractivity contribution in [2.45, 2.75) is 44.7 Å². The Kier molecular flexibility index (Phi) is 5.94. The predicted molar refractivity (Wildman–Crippen MR) is 90.8 cm³/mol. The van der Waals surface area contributed by atoms with Gasteiger partial charge in [-0.1, -0.05) is 12.8 Å². The average molecular weight is 338 g/mol. The Labute approximate surface area is 144 Å². The molecule has 0 aromatic rings. The first-order chi connectivity index (χ1) is 11.6. The first-order valence-corrected chi connectivity index (χ1v) is 9.32. The van der Waals surface area contributed by atoms with E-state index < -0.39 is 0 Å². The highest BCUT2D eigenvalue weighted by Crippen LogP contribution is 2.18. The third-order valence-corrected chi connectivity index (χ3v) is 5.57. The second kappa shape index (κ2) is 8.16. The maximum atomic E-state index is 12.4. The number of rotatable bonds is 6. The van der Waals surface area contributed by atoms with Crippen molar-refractivity contribution in [3.8, 4) is 0 Å². The molecule has 0 bridgehead atoms. The quantitative estimate of drug-likeness (QED) is 0.764. The number of amides is 2. The monoisotopic (exact) mass is 338 g/mol. The van der Waals surface area contributed by atoms with Gasteiger partial charge in [-0.3, -0.25) is 14.6 Å². The summed E-state index contributed by atoms with van der Waals surface area (Å²) >= 11 is 0. The van der Waals surface area contributed by atoms with Crippen LogP contribution in [0.15, 0.2) is 0 Å². The van der Waals surface area contributed by atoms with Crippen LogP contribution in [0.1, 0.15) is 32.6 Å². The van der Waals surface area contributed by atoms with E-state index >= 15 is 0 Å². The fraction of sp³-hybridized carbons (Fsp3) is 0.882. The molecule has 2 saturated heterocycles. The van der Waals surface area contributed by atoms with Crippen LogP contribution in [0.5, 0.6) is 0 Å². The van der Waals surface area contributed by atoms with Gasteiger partial charge in [0.05, 0.1) is 12.6 Å². The molecule has 1 N–H and O–H groups in total. The number of cyclic esters (lactones) is 1. The molecule has 0 radical (unpaired) electrons. The zero-order chi connectivity index (χ0) is 16.9. The van der Waals surface area contributed by atoms with Crippen LogP contribution < -0.4 is 5.32 Å². The van der Waals surface area contributed by atoms with Gasteiger partial charge in [0.15, 0.2) is 0 Å². The van der Waals surface area contributed by atoms with E-state index in [9.17, 15) is 9.59 Å². The van der Waals surface area contributed by atoms with Crippen LogP contribution in [0.3, 0.4) is 0 Å². The van der Waals surface area contributed by atoms with Crippen molar-refractivity contribution >= 4 is 12.0 Å². The fourth-order valence-corrected chi connectivity index (χ4v) is 3.82. The van der Waals surface area contributed by atoms with Crippen LogP contribution in [0.2, 0.25) is 0 Å². The number of hydrogen-bond donors (Lipinski definition) is 1. The van der Waals surface area contributed by atoms with Crippen molar-refractivity contribution in [3.63, 3.8) is 0 Å². The molecule has 1 aliphatic carbocycles.